The second-order valence-electron chi connectivity index (χ2n) is 7.94. The summed E-state index contributed by atoms with van der Waals surface area (Å²) in [6, 6.07) is 18.8. The van der Waals surface area contributed by atoms with E-state index in [1.54, 1.807) is 55.6 Å². The molecule has 4 aromatic rings. The number of nitrogens with zero attached hydrogens (tertiary/aromatic N) is 1. The van der Waals surface area contributed by atoms with E-state index in [0.717, 1.165) is 6.07 Å². The zero-order valence-electron chi connectivity index (χ0n) is 18.8. The Hall–Kier alpha value is -3.43. The number of hydrogen-bond acceptors (Lipinski definition) is 5. The van der Waals surface area contributed by atoms with Gasteiger partial charge in [0.25, 0.3) is 0 Å². The quantitative estimate of drug-likeness (QED) is 0.296. The number of aromatic nitrogens is 1. The standard InChI is InChI=1S/C26H23F3N2O3S/c1-30-13-5-15-35(32,33)21-9-3-8-20(17-21)34-19-7-2-6-18(16-19)22-12-14-31-25-23(22)10-4-11-24(25)26(27,28)29/h2-4,6-12,14,16-17,30H,5,13,15H2,1H3. The first-order valence-electron chi connectivity index (χ1n) is 10.9. The van der Waals surface area contributed by atoms with E-state index in [2.05, 4.69) is 10.3 Å². The average molecular weight is 501 g/mol. The number of para-hydroxylation sites is 1. The second kappa shape index (κ2) is 10.1. The predicted octanol–water partition coefficient (Wildman–Crippen LogP) is 6.10. The monoisotopic (exact) mass is 500 g/mol. The molecule has 0 spiro atoms. The smallest absolute Gasteiger partial charge is 0.418 e. The van der Waals surface area contributed by atoms with Crippen molar-refractivity contribution in [2.24, 2.45) is 0 Å². The molecule has 35 heavy (non-hydrogen) atoms. The molecule has 0 bridgehead atoms. The number of rotatable bonds is 8. The Morgan fingerprint density at radius 2 is 1.66 bits per heavy atom. The van der Waals surface area contributed by atoms with Crippen LogP contribution < -0.4 is 10.1 Å². The summed E-state index contributed by atoms with van der Waals surface area (Å²) < 4.78 is 71.5. The second-order valence-corrected chi connectivity index (χ2v) is 10.0. The van der Waals surface area contributed by atoms with Crippen molar-refractivity contribution < 1.29 is 26.3 Å². The van der Waals surface area contributed by atoms with Crippen molar-refractivity contribution in [3.05, 3.63) is 84.6 Å². The van der Waals surface area contributed by atoms with Crippen molar-refractivity contribution in [1.29, 1.82) is 0 Å². The highest BCUT2D eigenvalue weighted by atomic mass is 32.2. The molecule has 1 N–H and O–H groups in total. The van der Waals surface area contributed by atoms with Crippen LogP contribution in [-0.2, 0) is 16.0 Å². The van der Waals surface area contributed by atoms with Crippen LogP contribution in [0.2, 0.25) is 0 Å². The van der Waals surface area contributed by atoms with Gasteiger partial charge in [-0.1, -0.05) is 30.3 Å². The highest BCUT2D eigenvalue weighted by molar-refractivity contribution is 7.91. The normalized spacial score (nSPS) is 12.1. The highest BCUT2D eigenvalue weighted by Gasteiger charge is 2.33. The Bertz CT molecular complexity index is 1450. The molecule has 1 aromatic heterocycles. The fraction of sp³-hybridized carbons (Fsp3) is 0.192. The highest BCUT2D eigenvalue weighted by Crippen LogP contribution is 2.37. The first kappa shape index (κ1) is 24.7. The molecule has 0 saturated carbocycles. The van der Waals surface area contributed by atoms with Crippen molar-refractivity contribution in [2.75, 3.05) is 19.3 Å². The molecule has 0 fully saturated rings. The molecule has 0 radical (unpaired) electrons. The third kappa shape index (κ3) is 5.63. The number of hydrogen-bond donors (Lipinski definition) is 1. The summed E-state index contributed by atoms with van der Waals surface area (Å²) in [5, 5.41) is 3.30. The molecule has 0 amide bonds. The summed E-state index contributed by atoms with van der Waals surface area (Å²) in [6.07, 6.45) is -2.68. The van der Waals surface area contributed by atoms with Crippen LogP contribution in [0.1, 0.15) is 12.0 Å². The predicted molar refractivity (Wildman–Crippen MR) is 129 cm³/mol. The zero-order valence-corrected chi connectivity index (χ0v) is 19.7. The molecule has 1 heterocycles. The van der Waals surface area contributed by atoms with E-state index in [1.807, 2.05) is 0 Å². The van der Waals surface area contributed by atoms with Crippen LogP contribution in [0.3, 0.4) is 0 Å². The van der Waals surface area contributed by atoms with Crippen LogP contribution in [0.4, 0.5) is 13.2 Å². The number of alkyl halides is 3. The Morgan fingerprint density at radius 1 is 0.943 bits per heavy atom. The topological polar surface area (TPSA) is 68.3 Å². The van der Waals surface area contributed by atoms with Crippen molar-refractivity contribution in [1.82, 2.24) is 10.3 Å². The van der Waals surface area contributed by atoms with Gasteiger partial charge in [-0.3, -0.25) is 4.98 Å². The number of fused-ring (bicyclic) bond motifs is 1. The van der Waals surface area contributed by atoms with E-state index in [4.69, 9.17) is 4.74 Å². The molecule has 0 aliphatic carbocycles. The number of halogens is 3. The van der Waals surface area contributed by atoms with Gasteiger partial charge in [-0.05, 0) is 73.6 Å². The van der Waals surface area contributed by atoms with Crippen LogP contribution in [0.15, 0.2) is 83.9 Å². The van der Waals surface area contributed by atoms with Crippen LogP contribution in [-0.4, -0.2) is 32.7 Å². The number of ether oxygens (including phenoxy) is 1. The van der Waals surface area contributed by atoms with Gasteiger partial charge in [-0.2, -0.15) is 13.2 Å². The largest absolute Gasteiger partial charge is 0.457 e. The molecule has 9 heteroatoms. The molecule has 0 unspecified atom stereocenters. The fourth-order valence-electron chi connectivity index (χ4n) is 3.81. The molecule has 0 atom stereocenters. The fourth-order valence-corrected chi connectivity index (χ4v) is 5.15. The van der Waals surface area contributed by atoms with E-state index in [1.165, 1.54) is 24.4 Å². The summed E-state index contributed by atoms with van der Waals surface area (Å²) in [6.45, 7) is 0.594. The van der Waals surface area contributed by atoms with Gasteiger partial charge in [-0.25, -0.2) is 8.42 Å². The third-order valence-corrected chi connectivity index (χ3v) is 7.26. The van der Waals surface area contributed by atoms with Crippen LogP contribution >= 0.6 is 0 Å². The lowest BCUT2D eigenvalue weighted by molar-refractivity contribution is -0.136. The average Bonchev–Trinajstić information content (AvgIpc) is 2.83. The summed E-state index contributed by atoms with van der Waals surface area (Å²) in [5.74, 6) is 0.780. The van der Waals surface area contributed by atoms with Gasteiger partial charge in [0, 0.05) is 11.6 Å². The van der Waals surface area contributed by atoms with E-state index in [-0.39, 0.29) is 16.2 Å². The number of nitrogens with one attached hydrogen (secondary N) is 1. The minimum absolute atomic E-state index is 0.0157. The summed E-state index contributed by atoms with van der Waals surface area (Å²) in [5.41, 5.74) is 0.300. The maximum absolute atomic E-state index is 13.5. The molecular formula is C26H23F3N2O3S. The molecule has 0 aliphatic heterocycles. The first-order chi connectivity index (χ1) is 16.7. The maximum Gasteiger partial charge on any atom is 0.418 e. The molecule has 3 aromatic carbocycles. The SMILES string of the molecule is CNCCCS(=O)(=O)c1cccc(Oc2cccc(-c3ccnc4c(C(F)(F)F)cccc34)c2)c1. The van der Waals surface area contributed by atoms with Gasteiger partial charge in [0.2, 0.25) is 0 Å². The lowest BCUT2D eigenvalue weighted by Crippen LogP contribution is -2.14. The molecule has 4 rings (SSSR count). The van der Waals surface area contributed by atoms with Crippen molar-refractivity contribution in [2.45, 2.75) is 17.5 Å². The van der Waals surface area contributed by atoms with Gasteiger partial charge in [0.15, 0.2) is 9.84 Å². The minimum atomic E-state index is -4.52. The van der Waals surface area contributed by atoms with E-state index < -0.39 is 21.6 Å². The van der Waals surface area contributed by atoms with Crippen LogP contribution in [0.25, 0.3) is 22.0 Å². The Kier molecular flexibility index (Phi) is 7.09. The van der Waals surface area contributed by atoms with Crippen LogP contribution in [0.5, 0.6) is 11.5 Å². The van der Waals surface area contributed by atoms with E-state index in [9.17, 15) is 21.6 Å². The van der Waals surface area contributed by atoms with Crippen LogP contribution in [0, 0.1) is 0 Å². The van der Waals surface area contributed by atoms with Gasteiger partial charge in [0.05, 0.1) is 21.7 Å². The van der Waals surface area contributed by atoms with Gasteiger partial charge < -0.3 is 10.1 Å². The third-order valence-electron chi connectivity index (χ3n) is 5.46. The number of sulfone groups is 1. The van der Waals surface area contributed by atoms with E-state index in [0.29, 0.717) is 41.0 Å². The maximum atomic E-state index is 13.5. The Balaban J connectivity index is 1.65. The summed E-state index contributed by atoms with van der Waals surface area (Å²) in [4.78, 5) is 4.14. The first-order valence-corrected chi connectivity index (χ1v) is 12.5. The van der Waals surface area contributed by atoms with E-state index >= 15 is 0 Å². The molecule has 0 aliphatic rings. The molecule has 182 valence electrons. The van der Waals surface area contributed by atoms with Gasteiger partial charge >= 0.3 is 6.18 Å². The summed E-state index contributed by atoms with van der Waals surface area (Å²) >= 11 is 0. The Morgan fingerprint density at radius 3 is 2.40 bits per heavy atom. The molecule has 5 nitrogen and oxygen atoms in total. The van der Waals surface area contributed by atoms with Crippen molar-refractivity contribution >= 4 is 20.7 Å². The minimum Gasteiger partial charge on any atom is -0.457 e. The van der Waals surface area contributed by atoms with Crippen molar-refractivity contribution in [3.8, 4) is 22.6 Å². The lowest BCUT2D eigenvalue weighted by atomic mass is 9.99. The zero-order chi connectivity index (χ0) is 25.1. The Labute approximate surface area is 201 Å². The van der Waals surface area contributed by atoms with Crippen molar-refractivity contribution in [3.63, 3.8) is 0 Å². The number of pyridine rings is 1. The molecular weight excluding hydrogens is 477 g/mol. The lowest BCUT2D eigenvalue weighted by Gasteiger charge is -2.13. The molecule has 0 saturated heterocycles. The van der Waals surface area contributed by atoms with Gasteiger partial charge in [0.1, 0.15) is 11.5 Å². The summed E-state index contributed by atoms with van der Waals surface area (Å²) in [7, 11) is -1.69. The number of benzene rings is 3. The van der Waals surface area contributed by atoms with Gasteiger partial charge in [-0.15, -0.1) is 0 Å².